The Balaban J connectivity index is 2.19. The number of hydrogen-bond donors (Lipinski definition) is 1. The zero-order valence-corrected chi connectivity index (χ0v) is 3.27. The van der Waals surface area contributed by atoms with Crippen molar-refractivity contribution in [3.05, 3.63) is 0 Å². The molecule has 0 aliphatic rings. The number of aliphatic hydroxyl groups is 1. The fourth-order valence-corrected chi connectivity index (χ4v) is 0.0913. The summed E-state index contributed by atoms with van der Waals surface area (Å²) in [5.74, 6) is 0. The molecule has 0 aromatic rings. The van der Waals surface area contributed by atoms with Gasteiger partial charge in [-0.15, -0.1) is 0 Å². The molecule has 1 N–H and O–H groups in total. The number of hydrogen-bond acceptors (Lipinski definition) is 2. The van der Waals surface area contributed by atoms with Crippen molar-refractivity contribution in [2.75, 3.05) is 6.51 Å². The molecular weight excluding hydrogens is 65.6 g/mol. The minimum Gasteiger partial charge on any atom is -0.505 e. The first-order chi connectivity index (χ1) is 2.41. The van der Waals surface area contributed by atoms with E-state index in [-0.39, 0.29) is 6.51 Å². The first-order valence-corrected chi connectivity index (χ1v) is 1.51. The molecule has 0 saturated heterocycles. The van der Waals surface area contributed by atoms with Crippen molar-refractivity contribution in [3.63, 3.8) is 0 Å². The molecule has 0 amide bonds. The zero-order valence-electron chi connectivity index (χ0n) is 3.27. The highest BCUT2D eigenvalue weighted by molar-refractivity contribution is 6.33. The molecule has 0 aromatic carbocycles. The Morgan fingerprint density at radius 1 is 2.00 bits per heavy atom. The lowest BCUT2D eigenvalue weighted by atomic mass is 10.0. The average molecular weight is 71.7 g/mol. The SMILES string of the molecule is BOBCO. The molecule has 0 heterocycles. The van der Waals surface area contributed by atoms with Crippen molar-refractivity contribution in [2.24, 2.45) is 0 Å². The Kier molecular flexibility index (Phi) is 4.09. The second kappa shape index (κ2) is 4.05. The van der Waals surface area contributed by atoms with Gasteiger partial charge in [-0.05, 0) is 0 Å². The maximum Gasteiger partial charge on any atom is 0.283 e. The normalized spacial score (nSPS) is 7.40. The smallest absolute Gasteiger partial charge is 0.283 e. The summed E-state index contributed by atoms with van der Waals surface area (Å²) < 4.78 is 4.44. The second-order valence-corrected chi connectivity index (χ2v) is 0.716. The van der Waals surface area contributed by atoms with E-state index in [0.717, 1.165) is 0 Å². The van der Waals surface area contributed by atoms with Gasteiger partial charge in [0, 0.05) is 6.51 Å². The minimum atomic E-state index is 0.122. The first-order valence-electron chi connectivity index (χ1n) is 1.51. The molecule has 0 aliphatic heterocycles. The summed E-state index contributed by atoms with van der Waals surface area (Å²) >= 11 is 0. The molecular formula is CH6B2O2. The van der Waals surface area contributed by atoms with E-state index in [9.17, 15) is 0 Å². The van der Waals surface area contributed by atoms with E-state index >= 15 is 0 Å². The van der Waals surface area contributed by atoms with Gasteiger partial charge < -0.3 is 9.68 Å². The van der Waals surface area contributed by atoms with Crippen LogP contribution in [0.25, 0.3) is 0 Å². The molecule has 28 valence electrons. The number of rotatable bonds is 2. The lowest BCUT2D eigenvalue weighted by Gasteiger charge is -1.81. The quantitative estimate of drug-likeness (QED) is 0.377. The molecule has 0 rings (SSSR count). The van der Waals surface area contributed by atoms with Crippen LogP contribution < -0.4 is 0 Å². The summed E-state index contributed by atoms with van der Waals surface area (Å²) in [5, 5.41) is 7.94. The van der Waals surface area contributed by atoms with Gasteiger partial charge in [0.1, 0.15) is 0 Å². The molecule has 0 aliphatic carbocycles. The third kappa shape index (κ3) is 4.05. The van der Waals surface area contributed by atoms with E-state index in [1.807, 2.05) is 0 Å². The Bertz CT molecular complexity index is 15.1. The van der Waals surface area contributed by atoms with E-state index in [2.05, 4.69) is 4.57 Å². The van der Waals surface area contributed by atoms with Crippen LogP contribution in [-0.4, -0.2) is 27.1 Å². The van der Waals surface area contributed by atoms with Crippen LogP contribution in [0.15, 0.2) is 0 Å². The first kappa shape index (κ1) is 5.05. The fraction of sp³-hybridized carbons (Fsp3) is 1.00. The van der Waals surface area contributed by atoms with Gasteiger partial charge in [0.25, 0.3) is 7.48 Å². The van der Waals surface area contributed by atoms with Crippen LogP contribution in [0.2, 0.25) is 0 Å². The topological polar surface area (TPSA) is 29.5 Å². The van der Waals surface area contributed by atoms with Crippen molar-refractivity contribution >= 4 is 15.5 Å². The second-order valence-electron chi connectivity index (χ2n) is 0.716. The highest BCUT2D eigenvalue weighted by Gasteiger charge is 1.74. The third-order valence-electron chi connectivity index (χ3n) is 0.295. The molecule has 0 fully saturated rings. The molecule has 4 heteroatoms. The van der Waals surface area contributed by atoms with Crippen molar-refractivity contribution in [3.8, 4) is 0 Å². The predicted molar refractivity (Wildman–Crippen MR) is 23.9 cm³/mol. The highest BCUT2D eigenvalue weighted by atomic mass is 16.4. The fourth-order valence-electron chi connectivity index (χ4n) is 0.0913. The zero-order chi connectivity index (χ0) is 4.12. The van der Waals surface area contributed by atoms with Crippen LogP contribution in [0.1, 0.15) is 0 Å². The molecule has 0 spiro atoms. The maximum absolute atomic E-state index is 7.94. The van der Waals surface area contributed by atoms with Crippen LogP contribution in [0.5, 0.6) is 0 Å². The summed E-state index contributed by atoms with van der Waals surface area (Å²) in [7, 11) is 2.00. The van der Waals surface area contributed by atoms with Gasteiger partial charge in [0.2, 0.25) is 8.05 Å². The van der Waals surface area contributed by atoms with Crippen LogP contribution >= 0.6 is 0 Å². The van der Waals surface area contributed by atoms with Crippen molar-refractivity contribution in [1.82, 2.24) is 0 Å². The summed E-state index contributed by atoms with van der Waals surface area (Å²) in [6.07, 6.45) is 0. The van der Waals surface area contributed by atoms with E-state index < -0.39 is 0 Å². The van der Waals surface area contributed by atoms with Crippen LogP contribution in [-0.2, 0) is 4.57 Å². The molecule has 0 radical (unpaired) electrons. The summed E-state index contributed by atoms with van der Waals surface area (Å²) in [6.45, 7) is 0.122. The van der Waals surface area contributed by atoms with Crippen LogP contribution in [0.3, 0.4) is 0 Å². The van der Waals surface area contributed by atoms with Crippen molar-refractivity contribution < 1.29 is 9.68 Å². The van der Waals surface area contributed by atoms with Gasteiger partial charge in [-0.3, -0.25) is 0 Å². The molecule has 0 aromatic heterocycles. The summed E-state index contributed by atoms with van der Waals surface area (Å²) in [5.41, 5.74) is 0. The predicted octanol–water partition coefficient (Wildman–Crippen LogP) is -2.15. The van der Waals surface area contributed by atoms with Gasteiger partial charge in [0.15, 0.2) is 0 Å². The number of aliphatic hydroxyl groups excluding tert-OH is 1. The monoisotopic (exact) mass is 72.1 g/mol. The highest BCUT2D eigenvalue weighted by Crippen LogP contribution is 1.49. The van der Waals surface area contributed by atoms with Gasteiger partial charge in [-0.1, -0.05) is 0 Å². The molecule has 0 saturated carbocycles. The van der Waals surface area contributed by atoms with Crippen LogP contribution in [0, 0.1) is 0 Å². The maximum atomic E-state index is 7.94. The van der Waals surface area contributed by atoms with Crippen molar-refractivity contribution in [1.29, 1.82) is 0 Å². The van der Waals surface area contributed by atoms with E-state index in [1.54, 1.807) is 8.05 Å². The molecule has 5 heavy (non-hydrogen) atoms. The van der Waals surface area contributed by atoms with Gasteiger partial charge in [-0.2, -0.15) is 0 Å². The summed E-state index contributed by atoms with van der Waals surface area (Å²) in [4.78, 5) is 0. The van der Waals surface area contributed by atoms with E-state index in [4.69, 9.17) is 5.11 Å². The Morgan fingerprint density at radius 2 is 2.60 bits per heavy atom. The third-order valence-corrected chi connectivity index (χ3v) is 0.295. The lowest BCUT2D eigenvalue weighted by molar-refractivity contribution is 0.352. The standard InChI is InChI=1S/CH6B2O2/c2-5-3-1-4/h3-4H,1-2H2. The van der Waals surface area contributed by atoms with E-state index in [0.29, 0.717) is 7.48 Å². The summed E-state index contributed by atoms with van der Waals surface area (Å²) in [6, 6.07) is 0. The van der Waals surface area contributed by atoms with E-state index in [1.165, 1.54) is 0 Å². The van der Waals surface area contributed by atoms with Crippen molar-refractivity contribution in [2.45, 2.75) is 0 Å². The molecule has 0 unspecified atom stereocenters. The minimum absolute atomic E-state index is 0.122. The average Bonchev–Trinajstić information content (AvgIpc) is 1.41. The Labute approximate surface area is 32.9 Å². The molecule has 0 atom stereocenters. The van der Waals surface area contributed by atoms with Crippen LogP contribution in [0.4, 0.5) is 0 Å². The lowest BCUT2D eigenvalue weighted by Crippen LogP contribution is -1.99. The Hall–Kier alpha value is 0.0499. The molecule has 0 bridgehead atoms. The largest absolute Gasteiger partial charge is 0.505 e. The molecule has 2 nitrogen and oxygen atoms in total. The van der Waals surface area contributed by atoms with Gasteiger partial charge >= 0.3 is 0 Å². The Morgan fingerprint density at radius 3 is 2.60 bits per heavy atom. The van der Waals surface area contributed by atoms with Gasteiger partial charge in [0.05, 0.1) is 0 Å². The van der Waals surface area contributed by atoms with Gasteiger partial charge in [-0.25, -0.2) is 0 Å².